The minimum atomic E-state index is -0.607. The lowest BCUT2D eigenvalue weighted by Gasteiger charge is -2.26. The van der Waals surface area contributed by atoms with Crippen LogP contribution < -0.4 is 26.6 Å². The van der Waals surface area contributed by atoms with Gasteiger partial charge in [0.15, 0.2) is 0 Å². The molecule has 6 nitrogen and oxygen atoms in total. The van der Waals surface area contributed by atoms with Crippen molar-refractivity contribution in [3.63, 3.8) is 0 Å². The minimum absolute atomic E-state index is 0.0187. The molecule has 0 radical (unpaired) electrons. The van der Waals surface area contributed by atoms with E-state index in [1.54, 1.807) is 0 Å². The van der Waals surface area contributed by atoms with Crippen LogP contribution in [0.15, 0.2) is 46.0 Å². The lowest BCUT2D eigenvalue weighted by molar-refractivity contribution is 0.220. The molecule has 0 aromatic heterocycles. The molecule has 2 aromatic carbocycles. The summed E-state index contributed by atoms with van der Waals surface area (Å²) in [6, 6.07) is 8.20. The van der Waals surface area contributed by atoms with Crippen molar-refractivity contribution in [3.8, 4) is 5.75 Å². The fraction of sp³-hybridized carbons (Fsp3) is 0.400. The zero-order valence-electron chi connectivity index (χ0n) is 14.9. The number of anilines is 2. The average Bonchev–Trinajstić information content (AvgIpc) is 2.67. The van der Waals surface area contributed by atoms with Gasteiger partial charge in [-0.2, -0.15) is 0 Å². The number of likely N-dealkylation sites (tertiary alicyclic amines) is 1. The van der Waals surface area contributed by atoms with Gasteiger partial charge in [0.2, 0.25) is 0 Å². The molecule has 1 fully saturated rings. The van der Waals surface area contributed by atoms with Crippen molar-refractivity contribution in [2.24, 2.45) is 0 Å². The van der Waals surface area contributed by atoms with Gasteiger partial charge in [-0.3, -0.25) is 14.5 Å². The number of ether oxygens (including phenoxy) is 1. The molecule has 1 heterocycles. The van der Waals surface area contributed by atoms with E-state index >= 15 is 0 Å². The van der Waals surface area contributed by atoms with Gasteiger partial charge in [0.1, 0.15) is 23.7 Å². The van der Waals surface area contributed by atoms with Crippen molar-refractivity contribution < 1.29 is 4.74 Å². The molecule has 0 unspecified atom stereocenters. The Balaban J connectivity index is 1.41. The minimum Gasteiger partial charge on any atom is -0.490 e. The van der Waals surface area contributed by atoms with Gasteiger partial charge < -0.3 is 15.8 Å². The fourth-order valence-electron chi connectivity index (χ4n) is 3.15. The Bertz CT molecular complexity index is 831. The summed E-state index contributed by atoms with van der Waals surface area (Å²) in [4.78, 5) is 24.7. The Kier molecular flexibility index (Phi) is 6.07. The summed E-state index contributed by atoms with van der Waals surface area (Å²) < 4.78 is 5.75. The van der Waals surface area contributed by atoms with Gasteiger partial charge in [0.05, 0.1) is 0 Å². The third kappa shape index (κ3) is 4.52. The van der Waals surface area contributed by atoms with Crippen LogP contribution in [0.3, 0.4) is 0 Å². The molecular weight excluding hydrogens is 330 g/mol. The third-order valence-corrected chi connectivity index (χ3v) is 4.61. The first-order valence-electron chi connectivity index (χ1n) is 9.07. The summed E-state index contributed by atoms with van der Waals surface area (Å²) in [6.45, 7) is 4.19. The number of hydrogen-bond acceptors (Lipinski definition) is 6. The fourth-order valence-corrected chi connectivity index (χ4v) is 3.15. The highest BCUT2D eigenvalue weighted by atomic mass is 16.5. The maximum absolute atomic E-state index is 11.2. The van der Waals surface area contributed by atoms with Crippen molar-refractivity contribution in [1.29, 1.82) is 0 Å². The maximum Gasteiger partial charge on any atom is 0.253 e. The van der Waals surface area contributed by atoms with Crippen LogP contribution in [0.25, 0.3) is 0 Å². The number of rotatable bonds is 8. The van der Waals surface area contributed by atoms with Gasteiger partial charge in [-0.1, -0.05) is 24.6 Å². The van der Waals surface area contributed by atoms with E-state index in [9.17, 15) is 9.59 Å². The van der Waals surface area contributed by atoms with Crippen LogP contribution >= 0.6 is 0 Å². The monoisotopic (exact) mass is 355 g/mol. The average molecular weight is 355 g/mol. The number of hydrogen-bond donors (Lipinski definition) is 2. The molecule has 3 rings (SSSR count). The van der Waals surface area contributed by atoms with Crippen LogP contribution in [0, 0.1) is 0 Å². The SMILES string of the molecule is Nc1c(NC/C=C\COc2cccc(CN3CCCCC3)c2)c(=O)c1=O. The van der Waals surface area contributed by atoms with Crippen LogP contribution in [0.2, 0.25) is 0 Å². The predicted molar refractivity (Wildman–Crippen MR) is 104 cm³/mol. The van der Waals surface area contributed by atoms with Crippen molar-refractivity contribution in [3.05, 3.63) is 62.4 Å². The van der Waals surface area contributed by atoms with Gasteiger partial charge in [-0.05, 0) is 49.7 Å². The van der Waals surface area contributed by atoms with Crippen molar-refractivity contribution in [1.82, 2.24) is 4.90 Å². The van der Waals surface area contributed by atoms with Gasteiger partial charge in [-0.25, -0.2) is 0 Å². The highest BCUT2D eigenvalue weighted by Crippen LogP contribution is 2.17. The van der Waals surface area contributed by atoms with E-state index in [4.69, 9.17) is 10.5 Å². The summed E-state index contributed by atoms with van der Waals surface area (Å²) in [6.07, 6.45) is 7.63. The first-order chi connectivity index (χ1) is 12.6. The van der Waals surface area contributed by atoms with Gasteiger partial charge in [0, 0.05) is 13.1 Å². The molecule has 0 aliphatic carbocycles. The van der Waals surface area contributed by atoms with Crippen LogP contribution in [-0.4, -0.2) is 31.1 Å². The molecule has 2 aromatic rings. The first kappa shape index (κ1) is 18.2. The zero-order chi connectivity index (χ0) is 18.4. The number of piperidine rings is 1. The molecule has 0 atom stereocenters. The van der Waals surface area contributed by atoms with Crippen LogP contribution in [-0.2, 0) is 6.54 Å². The Hall–Kier alpha value is -2.60. The molecule has 1 saturated heterocycles. The van der Waals surface area contributed by atoms with E-state index in [-0.39, 0.29) is 11.4 Å². The normalized spacial score (nSPS) is 15.5. The highest BCUT2D eigenvalue weighted by Gasteiger charge is 2.16. The quantitative estimate of drug-likeness (QED) is 0.556. The van der Waals surface area contributed by atoms with Crippen LogP contribution in [0.5, 0.6) is 5.75 Å². The number of benzene rings is 1. The van der Waals surface area contributed by atoms with Crippen molar-refractivity contribution in [2.45, 2.75) is 25.8 Å². The molecule has 0 bridgehead atoms. The van der Waals surface area contributed by atoms with E-state index in [1.807, 2.05) is 24.3 Å². The second-order valence-electron chi connectivity index (χ2n) is 6.59. The second kappa shape index (κ2) is 8.67. The molecule has 138 valence electrons. The standard InChI is InChI=1S/C20H25N3O3/c21-17-18(20(25)19(17)24)22-9-2-5-12-26-16-8-6-7-15(13-16)14-23-10-3-1-4-11-23/h2,5-8,13,22H,1,3-4,9-12,14,21H2/b5-2-. The summed E-state index contributed by atoms with van der Waals surface area (Å²) >= 11 is 0. The lowest BCUT2D eigenvalue weighted by Crippen LogP contribution is -2.37. The van der Waals surface area contributed by atoms with Gasteiger partial charge in [-0.15, -0.1) is 0 Å². The molecular formula is C20H25N3O3. The number of nitrogen functional groups attached to an aromatic ring is 1. The molecule has 0 spiro atoms. The Morgan fingerprint density at radius 2 is 1.92 bits per heavy atom. The summed E-state index contributed by atoms with van der Waals surface area (Å²) in [7, 11) is 0. The number of nitrogens with zero attached hydrogens (tertiary/aromatic N) is 1. The number of nitrogens with one attached hydrogen (secondary N) is 1. The Morgan fingerprint density at radius 3 is 2.69 bits per heavy atom. The molecule has 26 heavy (non-hydrogen) atoms. The van der Waals surface area contributed by atoms with Gasteiger partial charge in [0.25, 0.3) is 10.9 Å². The molecule has 1 aliphatic rings. The first-order valence-corrected chi connectivity index (χ1v) is 9.07. The van der Waals surface area contributed by atoms with E-state index in [1.165, 1.54) is 37.9 Å². The molecule has 3 N–H and O–H groups in total. The smallest absolute Gasteiger partial charge is 0.253 e. The van der Waals surface area contributed by atoms with E-state index in [2.05, 4.69) is 22.3 Å². The topological polar surface area (TPSA) is 84.7 Å². The lowest BCUT2D eigenvalue weighted by atomic mass is 10.1. The summed E-state index contributed by atoms with van der Waals surface area (Å²) in [5.74, 6) is 0.851. The molecule has 0 amide bonds. The van der Waals surface area contributed by atoms with Gasteiger partial charge >= 0.3 is 0 Å². The summed E-state index contributed by atoms with van der Waals surface area (Å²) in [5.41, 5.74) is 5.80. The highest BCUT2D eigenvalue weighted by molar-refractivity contribution is 5.71. The molecule has 0 saturated carbocycles. The predicted octanol–water partition coefficient (Wildman–Crippen LogP) is 1.90. The van der Waals surface area contributed by atoms with E-state index in [0.717, 1.165) is 12.3 Å². The largest absolute Gasteiger partial charge is 0.490 e. The second-order valence-corrected chi connectivity index (χ2v) is 6.59. The van der Waals surface area contributed by atoms with E-state index < -0.39 is 10.9 Å². The Morgan fingerprint density at radius 1 is 1.12 bits per heavy atom. The third-order valence-electron chi connectivity index (χ3n) is 4.61. The van der Waals surface area contributed by atoms with Crippen molar-refractivity contribution in [2.75, 3.05) is 37.3 Å². The van der Waals surface area contributed by atoms with E-state index in [0.29, 0.717) is 13.2 Å². The summed E-state index contributed by atoms with van der Waals surface area (Å²) in [5, 5.41) is 2.84. The maximum atomic E-state index is 11.2. The molecule has 6 heteroatoms. The van der Waals surface area contributed by atoms with Crippen LogP contribution in [0.4, 0.5) is 11.4 Å². The number of nitrogens with two attached hydrogens (primary N) is 1. The zero-order valence-corrected chi connectivity index (χ0v) is 14.9. The van der Waals surface area contributed by atoms with Crippen molar-refractivity contribution >= 4 is 11.4 Å². The Labute approximate surface area is 153 Å². The molecule has 1 aliphatic heterocycles. The van der Waals surface area contributed by atoms with Crippen LogP contribution in [0.1, 0.15) is 24.8 Å².